The van der Waals surface area contributed by atoms with Crippen LogP contribution < -0.4 is 0 Å². The third kappa shape index (κ3) is 3.45. The van der Waals surface area contributed by atoms with Crippen LogP contribution in [-0.4, -0.2) is 24.6 Å². The number of hydrogen-bond donors (Lipinski definition) is 0. The fourth-order valence-electron chi connectivity index (χ4n) is 0.203. The zero-order valence-electron chi connectivity index (χ0n) is 5.27. The van der Waals surface area contributed by atoms with Gasteiger partial charge in [0.1, 0.15) is 0 Å². The average Bonchev–Trinajstić information content (AvgIpc) is 1.82. The molecule has 0 rings (SSSR count). The number of rotatable bonds is 3. The monoisotopic (exact) mass is 132 g/mol. The van der Waals surface area contributed by atoms with E-state index in [0.717, 1.165) is 6.40 Å². The molecule has 0 heterocycles. The highest BCUT2D eigenvalue weighted by Gasteiger charge is 2.06. The van der Waals surface area contributed by atoms with Crippen molar-refractivity contribution in [3.63, 3.8) is 0 Å². The Kier molecular flexibility index (Phi) is 3.34. The molecule has 0 aliphatic rings. The molecule has 0 aromatic rings. The van der Waals surface area contributed by atoms with E-state index in [2.05, 4.69) is 9.73 Å². The second-order valence-corrected chi connectivity index (χ2v) is 1.41. The van der Waals surface area contributed by atoms with E-state index in [-0.39, 0.29) is 0 Å². The van der Waals surface area contributed by atoms with Crippen molar-refractivity contribution in [2.24, 2.45) is 4.99 Å². The topological polar surface area (TPSA) is 64.7 Å². The summed E-state index contributed by atoms with van der Waals surface area (Å²) in [6, 6.07) is 0. The second kappa shape index (κ2) is 3.82. The van der Waals surface area contributed by atoms with Gasteiger partial charge in [-0.05, 0) is 0 Å². The van der Waals surface area contributed by atoms with Gasteiger partial charge in [0.05, 0.1) is 7.11 Å². The molecular weight excluding hydrogens is 124 g/mol. The van der Waals surface area contributed by atoms with Crippen LogP contribution in [0.2, 0.25) is 0 Å². The Morgan fingerprint density at radius 2 is 2.44 bits per heavy atom. The number of hydrogen-bond acceptors (Lipinski definition) is 4. The fraction of sp³-hybridized carbons (Fsp3) is 0.750. The molecule has 0 spiro atoms. The van der Waals surface area contributed by atoms with Crippen LogP contribution in [0.1, 0.15) is 6.92 Å². The van der Waals surface area contributed by atoms with E-state index in [4.69, 9.17) is 0 Å². The largest absolute Gasteiger partial charge is 0.486 e. The van der Waals surface area contributed by atoms with Crippen molar-refractivity contribution in [3.8, 4) is 0 Å². The predicted octanol–water partition coefficient (Wildman–Crippen LogP) is 0.284. The summed E-state index contributed by atoms with van der Waals surface area (Å²) in [7, 11) is 1.39. The first kappa shape index (κ1) is 7.87. The summed E-state index contributed by atoms with van der Waals surface area (Å²) in [4.78, 5) is 12.7. The van der Waals surface area contributed by atoms with E-state index in [0.29, 0.717) is 0 Å². The summed E-state index contributed by atoms with van der Waals surface area (Å²) in [5, 5.41) is 9.84. The van der Waals surface area contributed by atoms with Gasteiger partial charge in [-0.2, -0.15) is 4.99 Å². The molecular formula is C4H8N2O3. The van der Waals surface area contributed by atoms with Crippen molar-refractivity contribution in [1.82, 2.24) is 0 Å². The lowest BCUT2D eigenvalue weighted by atomic mass is 10.6. The first-order valence-electron chi connectivity index (χ1n) is 2.36. The lowest BCUT2D eigenvalue weighted by Crippen LogP contribution is -2.11. The van der Waals surface area contributed by atoms with Crippen molar-refractivity contribution >= 4 is 6.40 Å². The minimum atomic E-state index is -0.912. The van der Waals surface area contributed by atoms with Crippen LogP contribution >= 0.6 is 0 Å². The highest BCUT2D eigenvalue weighted by Crippen LogP contribution is 1.86. The molecule has 0 saturated heterocycles. The van der Waals surface area contributed by atoms with E-state index in [9.17, 15) is 10.1 Å². The molecule has 0 aromatic heterocycles. The predicted molar refractivity (Wildman–Crippen MR) is 32.0 cm³/mol. The Labute approximate surface area is 52.5 Å². The molecule has 0 saturated carbocycles. The third-order valence-corrected chi connectivity index (χ3v) is 0.687. The Bertz CT molecular complexity index is 123. The maximum atomic E-state index is 9.84. The Morgan fingerprint density at radius 3 is 2.78 bits per heavy atom. The van der Waals surface area contributed by atoms with Gasteiger partial charge < -0.3 is 4.74 Å². The van der Waals surface area contributed by atoms with Gasteiger partial charge in [0, 0.05) is 11.8 Å². The zero-order chi connectivity index (χ0) is 7.28. The smallest absolute Gasteiger partial charge is 0.303 e. The molecule has 0 N–H and O–H groups in total. The molecule has 5 nitrogen and oxygen atoms in total. The molecule has 0 aliphatic carbocycles. The van der Waals surface area contributed by atoms with Crippen molar-refractivity contribution < 1.29 is 9.66 Å². The Hall–Kier alpha value is -1.13. The molecule has 0 bridgehead atoms. The van der Waals surface area contributed by atoms with Crippen LogP contribution in [0.5, 0.6) is 0 Å². The lowest BCUT2D eigenvalue weighted by Gasteiger charge is -1.93. The third-order valence-electron chi connectivity index (χ3n) is 0.687. The van der Waals surface area contributed by atoms with Gasteiger partial charge in [-0.15, -0.1) is 0 Å². The molecule has 0 amide bonds. The van der Waals surface area contributed by atoms with Crippen LogP contribution in [0.15, 0.2) is 4.99 Å². The quantitative estimate of drug-likeness (QED) is 0.240. The molecule has 52 valence electrons. The van der Waals surface area contributed by atoms with Gasteiger partial charge in [0.25, 0.3) is 0 Å². The van der Waals surface area contributed by atoms with Crippen LogP contribution in [0.3, 0.4) is 0 Å². The van der Waals surface area contributed by atoms with Gasteiger partial charge in [0.15, 0.2) is 6.40 Å². The van der Waals surface area contributed by atoms with E-state index in [1.807, 2.05) is 0 Å². The van der Waals surface area contributed by atoms with Gasteiger partial charge in [-0.3, -0.25) is 10.1 Å². The maximum Gasteiger partial charge on any atom is 0.303 e. The Balaban J connectivity index is 3.62. The highest BCUT2D eigenvalue weighted by atomic mass is 16.6. The van der Waals surface area contributed by atoms with Crippen LogP contribution in [0, 0.1) is 10.1 Å². The summed E-state index contributed by atoms with van der Waals surface area (Å²) in [5.74, 6) is 0. The number of aliphatic imine (C=N–C) groups is 1. The van der Waals surface area contributed by atoms with Gasteiger partial charge in [-0.25, -0.2) is 0 Å². The number of methoxy groups -OCH3 is 1. The first-order valence-corrected chi connectivity index (χ1v) is 2.36. The molecule has 9 heavy (non-hydrogen) atoms. The Morgan fingerprint density at radius 1 is 1.89 bits per heavy atom. The van der Waals surface area contributed by atoms with Gasteiger partial charge in [-0.1, -0.05) is 0 Å². The molecule has 0 aromatic carbocycles. The van der Waals surface area contributed by atoms with Crippen LogP contribution in [0.4, 0.5) is 0 Å². The van der Waals surface area contributed by atoms with E-state index < -0.39 is 11.1 Å². The second-order valence-electron chi connectivity index (χ2n) is 1.41. The van der Waals surface area contributed by atoms with Crippen LogP contribution in [0.25, 0.3) is 0 Å². The maximum absolute atomic E-state index is 9.84. The summed E-state index contributed by atoms with van der Waals surface area (Å²) < 4.78 is 4.37. The van der Waals surface area contributed by atoms with Crippen molar-refractivity contribution in [2.75, 3.05) is 7.11 Å². The number of nitro groups is 1. The minimum absolute atomic E-state index is 0.504. The molecule has 0 radical (unpaired) electrons. The van der Waals surface area contributed by atoms with E-state index in [1.54, 1.807) is 0 Å². The molecule has 1 unspecified atom stereocenters. The number of nitrogens with zero attached hydrogens (tertiary/aromatic N) is 2. The summed E-state index contributed by atoms with van der Waals surface area (Å²) in [5.41, 5.74) is 0. The zero-order valence-corrected chi connectivity index (χ0v) is 5.27. The van der Waals surface area contributed by atoms with Gasteiger partial charge in [0.2, 0.25) is 0 Å². The summed E-state index contributed by atoms with van der Waals surface area (Å²) in [6.07, 6.45) is 0.137. The van der Waals surface area contributed by atoms with E-state index in [1.165, 1.54) is 14.0 Å². The molecule has 1 atom stereocenters. The molecule has 0 fully saturated rings. The van der Waals surface area contributed by atoms with Crippen molar-refractivity contribution in [2.45, 2.75) is 13.1 Å². The molecule has 5 heteroatoms. The lowest BCUT2D eigenvalue weighted by molar-refractivity contribution is -0.515. The van der Waals surface area contributed by atoms with Gasteiger partial charge >= 0.3 is 6.17 Å². The number of ether oxygens (including phenoxy) is 1. The normalized spacial score (nSPS) is 13.6. The van der Waals surface area contributed by atoms with Crippen molar-refractivity contribution in [3.05, 3.63) is 10.1 Å². The highest BCUT2D eigenvalue weighted by molar-refractivity contribution is 5.45. The first-order chi connectivity index (χ1) is 4.18. The minimum Gasteiger partial charge on any atom is -0.486 e. The SMILES string of the molecule is COC=NC(C)[N+](=O)[O-]. The fourth-order valence-corrected chi connectivity index (χ4v) is 0.203. The standard InChI is InChI=1S/C4H8N2O3/c1-4(6(7)8)5-3-9-2/h3-4H,1-2H3. The summed E-state index contributed by atoms with van der Waals surface area (Å²) >= 11 is 0. The average molecular weight is 132 g/mol. The summed E-state index contributed by atoms with van der Waals surface area (Å²) in [6.45, 7) is 1.37. The van der Waals surface area contributed by atoms with E-state index >= 15 is 0 Å². The van der Waals surface area contributed by atoms with Crippen LogP contribution in [-0.2, 0) is 4.74 Å². The molecule has 0 aliphatic heterocycles. The van der Waals surface area contributed by atoms with Crippen molar-refractivity contribution in [1.29, 1.82) is 0 Å².